The average molecular weight is 309 g/mol. The number of thioether (sulfide) groups is 1. The fraction of sp³-hybridized carbons (Fsp3) is 0.308. The summed E-state index contributed by atoms with van der Waals surface area (Å²) in [6, 6.07) is 2.72. The van der Waals surface area contributed by atoms with Crippen molar-refractivity contribution in [3.8, 4) is 0 Å². The number of nitrogens with zero attached hydrogens (tertiary/aromatic N) is 2. The third-order valence-electron chi connectivity index (χ3n) is 3.06. The van der Waals surface area contributed by atoms with Crippen molar-refractivity contribution < 1.29 is 14.7 Å². The molecule has 1 fully saturated rings. The van der Waals surface area contributed by atoms with Gasteiger partial charge in [0.2, 0.25) is 0 Å². The number of hydrogen-bond donors (Lipinski definition) is 0. The third kappa shape index (κ3) is 2.64. The molecule has 0 N–H and O–H groups in total. The van der Waals surface area contributed by atoms with Gasteiger partial charge in [-0.2, -0.15) is 0 Å². The smallest absolute Gasteiger partial charge is 0.266 e. The molecule has 0 aliphatic carbocycles. The van der Waals surface area contributed by atoms with E-state index < -0.39 is 12.0 Å². The van der Waals surface area contributed by atoms with Crippen LogP contribution in [0.2, 0.25) is 0 Å². The molecular formula is C13H13N2O3S2-. The molecule has 2 rings (SSSR count). The highest BCUT2D eigenvalue weighted by Gasteiger charge is 2.37. The van der Waals surface area contributed by atoms with Crippen molar-refractivity contribution in [2.75, 3.05) is 0 Å². The van der Waals surface area contributed by atoms with Gasteiger partial charge in [-0.05, 0) is 24.6 Å². The van der Waals surface area contributed by atoms with Crippen LogP contribution in [0.1, 0.15) is 19.0 Å². The minimum Gasteiger partial charge on any atom is -0.548 e. The molecule has 2 heterocycles. The molecule has 106 valence electrons. The van der Waals surface area contributed by atoms with Gasteiger partial charge in [0.05, 0.1) is 16.9 Å². The summed E-state index contributed by atoms with van der Waals surface area (Å²) in [6.45, 7) is 1.68. The summed E-state index contributed by atoms with van der Waals surface area (Å²) in [5, 5.41) is 11.1. The summed E-state index contributed by atoms with van der Waals surface area (Å²) in [7, 11) is 1.86. The van der Waals surface area contributed by atoms with Gasteiger partial charge in [0.1, 0.15) is 4.32 Å². The normalized spacial score (nSPS) is 18.9. The molecule has 1 saturated heterocycles. The highest BCUT2D eigenvalue weighted by molar-refractivity contribution is 8.26. The van der Waals surface area contributed by atoms with Crippen LogP contribution in [-0.4, -0.2) is 31.7 Å². The molecule has 1 aromatic rings. The lowest BCUT2D eigenvalue weighted by atomic mass is 10.2. The van der Waals surface area contributed by atoms with Gasteiger partial charge in [-0.25, -0.2) is 0 Å². The van der Waals surface area contributed by atoms with Crippen LogP contribution in [0.5, 0.6) is 0 Å². The summed E-state index contributed by atoms with van der Waals surface area (Å²) < 4.78 is 2.12. The zero-order valence-electron chi connectivity index (χ0n) is 11.0. The Morgan fingerprint density at radius 3 is 2.80 bits per heavy atom. The second-order valence-corrected chi connectivity index (χ2v) is 6.01. The summed E-state index contributed by atoms with van der Waals surface area (Å²) in [5.41, 5.74) is 0.854. The van der Waals surface area contributed by atoms with E-state index in [9.17, 15) is 14.7 Å². The molecule has 1 amide bonds. The Morgan fingerprint density at radius 1 is 1.60 bits per heavy atom. The van der Waals surface area contributed by atoms with Crippen LogP contribution in [0.25, 0.3) is 6.08 Å². The maximum Gasteiger partial charge on any atom is 0.266 e. The van der Waals surface area contributed by atoms with Crippen LogP contribution in [0.15, 0.2) is 23.2 Å². The number of thiocarbonyl (C=S) groups is 1. The number of amides is 1. The van der Waals surface area contributed by atoms with Crippen molar-refractivity contribution >= 4 is 46.3 Å². The zero-order valence-corrected chi connectivity index (χ0v) is 12.7. The van der Waals surface area contributed by atoms with E-state index in [1.165, 1.54) is 0 Å². The maximum absolute atomic E-state index is 12.3. The van der Waals surface area contributed by atoms with Crippen LogP contribution < -0.4 is 5.11 Å². The molecule has 0 saturated carbocycles. The number of rotatable bonds is 4. The number of carbonyl (C=O) groups excluding carboxylic acids is 2. The lowest BCUT2D eigenvalue weighted by Gasteiger charge is -2.26. The number of carboxylic acid groups (broad SMARTS) is 1. The molecule has 0 aromatic carbocycles. The van der Waals surface area contributed by atoms with Crippen molar-refractivity contribution in [2.45, 2.75) is 19.4 Å². The Bertz CT molecular complexity index is 607. The SMILES string of the molecule is CC[C@H](C(=O)[O-])N1C(=O)/C(=C/c2cccn2C)SC1=S. The molecule has 1 atom stereocenters. The van der Waals surface area contributed by atoms with Crippen molar-refractivity contribution in [3.05, 3.63) is 28.9 Å². The summed E-state index contributed by atoms with van der Waals surface area (Å²) >= 11 is 6.23. The predicted octanol–water partition coefficient (Wildman–Crippen LogP) is 0.755. The zero-order chi connectivity index (χ0) is 14.9. The molecule has 0 radical (unpaired) electrons. The lowest BCUT2D eigenvalue weighted by Crippen LogP contribution is -2.49. The molecule has 1 aromatic heterocycles. The molecule has 1 aliphatic heterocycles. The van der Waals surface area contributed by atoms with Crippen molar-refractivity contribution in [3.63, 3.8) is 0 Å². The lowest BCUT2D eigenvalue weighted by molar-refractivity contribution is -0.310. The molecular weight excluding hydrogens is 296 g/mol. The topological polar surface area (TPSA) is 65.4 Å². The van der Waals surface area contributed by atoms with Gasteiger partial charge in [-0.3, -0.25) is 9.69 Å². The third-order valence-corrected chi connectivity index (χ3v) is 4.39. The minimum atomic E-state index is -1.29. The quantitative estimate of drug-likeness (QED) is 0.607. The summed E-state index contributed by atoms with van der Waals surface area (Å²) in [4.78, 5) is 25.0. The van der Waals surface area contributed by atoms with Crippen LogP contribution in [0.4, 0.5) is 0 Å². The van der Waals surface area contributed by atoms with E-state index in [-0.39, 0.29) is 16.6 Å². The van der Waals surface area contributed by atoms with E-state index in [0.717, 1.165) is 22.4 Å². The first-order valence-corrected chi connectivity index (χ1v) is 7.27. The Kier molecular flexibility index (Phi) is 4.29. The molecule has 0 spiro atoms. The fourth-order valence-corrected chi connectivity index (χ4v) is 3.30. The number of aliphatic carboxylic acids is 1. The van der Waals surface area contributed by atoms with Crippen molar-refractivity contribution in [2.24, 2.45) is 7.05 Å². The summed E-state index contributed by atoms with van der Waals surface area (Å²) in [5.74, 6) is -1.67. The highest BCUT2D eigenvalue weighted by atomic mass is 32.2. The van der Waals surface area contributed by atoms with Gasteiger partial charge >= 0.3 is 0 Å². The number of hydrogen-bond acceptors (Lipinski definition) is 5. The van der Waals surface area contributed by atoms with Gasteiger partial charge < -0.3 is 14.5 Å². The summed E-state index contributed by atoms with van der Waals surface area (Å²) in [6.07, 6.45) is 3.83. The standard InChI is InChI=1S/C13H14N2O3S2/c1-3-9(12(17)18)15-11(16)10(20-13(15)19)7-8-5-4-6-14(8)2/h4-7,9H,3H2,1-2H3,(H,17,18)/p-1/b10-7-/t9-/m1/s1. The molecule has 5 nitrogen and oxygen atoms in total. The average Bonchev–Trinajstić information content (AvgIpc) is 2.89. The van der Waals surface area contributed by atoms with E-state index in [1.807, 2.05) is 29.9 Å². The van der Waals surface area contributed by atoms with Gasteiger partial charge in [0.15, 0.2) is 0 Å². The predicted molar refractivity (Wildman–Crippen MR) is 79.5 cm³/mol. The largest absolute Gasteiger partial charge is 0.548 e. The van der Waals surface area contributed by atoms with Crippen molar-refractivity contribution in [1.82, 2.24) is 9.47 Å². The molecule has 7 heteroatoms. The van der Waals surface area contributed by atoms with Crippen LogP contribution in [0, 0.1) is 0 Å². The Hall–Kier alpha value is -1.60. The Labute approximate surface area is 126 Å². The first kappa shape index (κ1) is 14.8. The van der Waals surface area contributed by atoms with E-state index >= 15 is 0 Å². The maximum atomic E-state index is 12.3. The van der Waals surface area contributed by atoms with E-state index in [4.69, 9.17) is 12.2 Å². The molecule has 1 aliphatic rings. The van der Waals surface area contributed by atoms with E-state index in [2.05, 4.69) is 0 Å². The highest BCUT2D eigenvalue weighted by Crippen LogP contribution is 2.34. The molecule has 0 bridgehead atoms. The Morgan fingerprint density at radius 2 is 2.30 bits per heavy atom. The van der Waals surface area contributed by atoms with Crippen LogP contribution >= 0.6 is 24.0 Å². The first-order chi connectivity index (χ1) is 9.45. The van der Waals surface area contributed by atoms with Crippen molar-refractivity contribution in [1.29, 1.82) is 0 Å². The number of carbonyl (C=O) groups is 2. The second-order valence-electron chi connectivity index (χ2n) is 4.34. The Balaban J connectivity index is 2.32. The number of carboxylic acids is 1. The monoisotopic (exact) mass is 309 g/mol. The molecule has 0 unspecified atom stereocenters. The fourth-order valence-electron chi connectivity index (χ4n) is 1.96. The van der Waals surface area contributed by atoms with Gasteiger partial charge in [0.25, 0.3) is 5.91 Å². The second kappa shape index (κ2) is 5.80. The molecule has 20 heavy (non-hydrogen) atoms. The van der Waals surface area contributed by atoms with Crippen LogP contribution in [0.3, 0.4) is 0 Å². The number of aromatic nitrogens is 1. The minimum absolute atomic E-state index is 0.256. The van der Waals surface area contributed by atoms with E-state index in [0.29, 0.717) is 4.91 Å². The van der Waals surface area contributed by atoms with E-state index in [1.54, 1.807) is 13.0 Å². The van der Waals surface area contributed by atoms with Gasteiger partial charge in [-0.15, -0.1) is 0 Å². The van der Waals surface area contributed by atoms with Crippen LogP contribution in [-0.2, 0) is 16.6 Å². The first-order valence-electron chi connectivity index (χ1n) is 6.05. The number of aryl methyl sites for hydroxylation is 1. The van der Waals surface area contributed by atoms with Gasteiger partial charge in [-0.1, -0.05) is 30.9 Å². The van der Waals surface area contributed by atoms with Gasteiger partial charge in [0, 0.05) is 18.9 Å².